The van der Waals surface area contributed by atoms with Crippen molar-refractivity contribution in [3.63, 3.8) is 0 Å². The molecule has 20 heavy (non-hydrogen) atoms. The molecule has 0 amide bonds. The van der Waals surface area contributed by atoms with E-state index in [4.69, 9.17) is 5.11 Å². The van der Waals surface area contributed by atoms with Gasteiger partial charge in [0.05, 0.1) is 17.6 Å². The van der Waals surface area contributed by atoms with Gasteiger partial charge in [-0.25, -0.2) is 4.98 Å². The van der Waals surface area contributed by atoms with Crippen LogP contribution in [0.4, 0.5) is 0 Å². The predicted molar refractivity (Wildman–Crippen MR) is 79.2 cm³/mol. The molecule has 2 heterocycles. The minimum atomic E-state index is -0.872. The molecule has 0 radical (unpaired) electrons. The van der Waals surface area contributed by atoms with Gasteiger partial charge in [-0.05, 0) is 12.1 Å². The largest absolute Gasteiger partial charge is 0.481 e. The maximum absolute atomic E-state index is 10.9. The van der Waals surface area contributed by atoms with Gasteiger partial charge in [-0.3, -0.25) is 9.20 Å². The first-order valence-corrected chi connectivity index (χ1v) is 5.99. The molecule has 5 heteroatoms. The second kappa shape index (κ2) is 5.75. The Morgan fingerprint density at radius 3 is 2.50 bits per heavy atom. The predicted octanol–water partition coefficient (Wildman–Crippen LogP) is 3.05. The van der Waals surface area contributed by atoms with Gasteiger partial charge in [-0.1, -0.05) is 36.4 Å². The zero-order valence-electron chi connectivity index (χ0n) is 10.6. The van der Waals surface area contributed by atoms with Crippen LogP contribution in [0.1, 0.15) is 5.69 Å². The summed E-state index contributed by atoms with van der Waals surface area (Å²) in [7, 11) is 0. The molecule has 102 valence electrons. The number of hydrogen-bond acceptors (Lipinski definition) is 2. The van der Waals surface area contributed by atoms with Crippen molar-refractivity contribution >= 4 is 23.9 Å². The van der Waals surface area contributed by atoms with Gasteiger partial charge in [-0.15, -0.1) is 12.4 Å². The van der Waals surface area contributed by atoms with Crippen LogP contribution in [0, 0.1) is 0 Å². The fourth-order valence-electron chi connectivity index (χ4n) is 2.17. The van der Waals surface area contributed by atoms with Crippen molar-refractivity contribution in [2.75, 3.05) is 0 Å². The van der Waals surface area contributed by atoms with Crippen LogP contribution in [0.2, 0.25) is 0 Å². The van der Waals surface area contributed by atoms with Gasteiger partial charge in [0.25, 0.3) is 0 Å². The summed E-state index contributed by atoms with van der Waals surface area (Å²) in [4.78, 5) is 15.4. The van der Waals surface area contributed by atoms with Crippen LogP contribution in [0.15, 0.2) is 54.7 Å². The highest BCUT2D eigenvalue weighted by Crippen LogP contribution is 2.22. The third kappa shape index (κ3) is 2.51. The second-order valence-electron chi connectivity index (χ2n) is 4.27. The molecule has 0 fully saturated rings. The van der Waals surface area contributed by atoms with E-state index in [1.807, 2.05) is 59.1 Å². The highest BCUT2D eigenvalue weighted by atomic mass is 35.5. The first kappa shape index (κ1) is 14.1. The number of aliphatic carboxylic acids is 1. The molecule has 0 atom stereocenters. The number of carboxylic acid groups (broad SMARTS) is 1. The molecule has 2 aromatic heterocycles. The second-order valence-corrected chi connectivity index (χ2v) is 4.27. The maximum Gasteiger partial charge on any atom is 0.309 e. The van der Waals surface area contributed by atoms with E-state index in [9.17, 15) is 4.79 Å². The molecule has 1 aromatic carbocycles. The van der Waals surface area contributed by atoms with E-state index < -0.39 is 5.97 Å². The van der Waals surface area contributed by atoms with Gasteiger partial charge in [0.1, 0.15) is 5.82 Å². The van der Waals surface area contributed by atoms with Gasteiger partial charge in [0.2, 0.25) is 0 Å². The molecule has 3 aromatic rings. The van der Waals surface area contributed by atoms with Crippen LogP contribution in [-0.4, -0.2) is 20.5 Å². The van der Waals surface area contributed by atoms with E-state index in [0.29, 0.717) is 5.69 Å². The number of pyridine rings is 1. The lowest BCUT2D eigenvalue weighted by molar-refractivity contribution is -0.136. The Morgan fingerprint density at radius 1 is 1.10 bits per heavy atom. The van der Waals surface area contributed by atoms with Gasteiger partial charge in [-0.2, -0.15) is 0 Å². The molecule has 0 unspecified atom stereocenters. The number of nitrogens with zero attached hydrogens (tertiary/aromatic N) is 2. The Kier molecular flexibility index (Phi) is 4.05. The summed E-state index contributed by atoms with van der Waals surface area (Å²) in [5, 5.41) is 8.96. The molecule has 0 aliphatic heterocycles. The van der Waals surface area contributed by atoms with Crippen LogP contribution in [-0.2, 0) is 11.2 Å². The first-order chi connectivity index (χ1) is 9.25. The fraction of sp³-hybridized carbons (Fsp3) is 0.0667. The first-order valence-electron chi connectivity index (χ1n) is 5.99. The number of carboxylic acids is 1. The van der Waals surface area contributed by atoms with Gasteiger partial charge in [0, 0.05) is 11.8 Å². The summed E-state index contributed by atoms with van der Waals surface area (Å²) in [6.07, 6.45) is 1.83. The van der Waals surface area contributed by atoms with Crippen molar-refractivity contribution in [2.24, 2.45) is 0 Å². The lowest BCUT2D eigenvalue weighted by atomic mass is 10.2. The van der Waals surface area contributed by atoms with Crippen molar-refractivity contribution < 1.29 is 9.90 Å². The van der Waals surface area contributed by atoms with Crippen molar-refractivity contribution in [2.45, 2.75) is 6.42 Å². The van der Waals surface area contributed by atoms with Crippen molar-refractivity contribution in [1.82, 2.24) is 9.38 Å². The highest BCUT2D eigenvalue weighted by molar-refractivity contribution is 5.85. The Hall–Kier alpha value is -2.33. The minimum absolute atomic E-state index is 0. The summed E-state index contributed by atoms with van der Waals surface area (Å²) in [6, 6.07) is 15.4. The summed E-state index contributed by atoms with van der Waals surface area (Å²) in [5.74, 6) is -0.101. The number of hydrogen-bond donors (Lipinski definition) is 1. The van der Waals surface area contributed by atoms with E-state index in [0.717, 1.165) is 16.9 Å². The normalized spacial score (nSPS) is 10.2. The monoisotopic (exact) mass is 288 g/mol. The molecule has 0 aliphatic carbocycles. The minimum Gasteiger partial charge on any atom is -0.481 e. The van der Waals surface area contributed by atoms with E-state index >= 15 is 0 Å². The van der Waals surface area contributed by atoms with E-state index in [-0.39, 0.29) is 18.8 Å². The van der Waals surface area contributed by atoms with Crippen molar-refractivity contribution in [1.29, 1.82) is 0 Å². The summed E-state index contributed by atoms with van der Waals surface area (Å²) < 4.78 is 1.92. The number of halogens is 1. The summed E-state index contributed by atoms with van der Waals surface area (Å²) in [5.41, 5.74) is 2.40. The van der Waals surface area contributed by atoms with Crippen LogP contribution >= 0.6 is 12.4 Å². The Balaban J connectivity index is 0.00000147. The number of aromatic nitrogens is 2. The van der Waals surface area contributed by atoms with Crippen LogP contribution in [0.25, 0.3) is 16.9 Å². The molecule has 4 nitrogen and oxygen atoms in total. The molecule has 0 spiro atoms. The third-order valence-corrected chi connectivity index (χ3v) is 2.98. The zero-order valence-corrected chi connectivity index (χ0v) is 11.4. The van der Waals surface area contributed by atoms with E-state index in [2.05, 4.69) is 4.98 Å². The Morgan fingerprint density at radius 2 is 1.80 bits per heavy atom. The van der Waals surface area contributed by atoms with Crippen LogP contribution in [0.5, 0.6) is 0 Å². The number of imidazole rings is 1. The smallest absolute Gasteiger partial charge is 0.309 e. The quantitative estimate of drug-likeness (QED) is 0.806. The maximum atomic E-state index is 10.9. The Labute approximate surface area is 122 Å². The number of benzene rings is 1. The Bertz CT molecular complexity index is 738. The SMILES string of the molecule is Cl.O=C(O)Cc1nc(-c2ccccc2)n2ccccc12. The van der Waals surface area contributed by atoms with Gasteiger partial charge >= 0.3 is 5.97 Å². The van der Waals surface area contributed by atoms with Gasteiger partial charge < -0.3 is 5.11 Å². The lowest BCUT2D eigenvalue weighted by Crippen LogP contribution is -2.00. The topological polar surface area (TPSA) is 54.6 Å². The molecule has 0 saturated carbocycles. The van der Waals surface area contributed by atoms with Crippen LogP contribution in [0.3, 0.4) is 0 Å². The molecular formula is C15H13ClN2O2. The third-order valence-electron chi connectivity index (χ3n) is 2.98. The van der Waals surface area contributed by atoms with Gasteiger partial charge in [0.15, 0.2) is 0 Å². The zero-order chi connectivity index (χ0) is 13.2. The fourth-order valence-corrected chi connectivity index (χ4v) is 2.17. The van der Waals surface area contributed by atoms with Crippen LogP contribution < -0.4 is 0 Å². The van der Waals surface area contributed by atoms with Crippen molar-refractivity contribution in [3.8, 4) is 11.4 Å². The number of carbonyl (C=O) groups is 1. The van der Waals surface area contributed by atoms with E-state index in [1.165, 1.54) is 0 Å². The number of rotatable bonds is 3. The molecular weight excluding hydrogens is 276 g/mol. The summed E-state index contributed by atoms with van der Waals surface area (Å²) >= 11 is 0. The lowest BCUT2D eigenvalue weighted by Gasteiger charge is -2.00. The average molecular weight is 289 g/mol. The van der Waals surface area contributed by atoms with E-state index in [1.54, 1.807) is 0 Å². The highest BCUT2D eigenvalue weighted by Gasteiger charge is 2.14. The molecule has 1 N–H and O–H groups in total. The average Bonchev–Trinajstić information content (AvgIpc) is 2.78. The van der Waals surface area contributed by atoms with Crippen molar-refractivity contribution in [3.05, 3.63) is 60.4 Å². The summed E-state index contributed by atoms with van der Waals surface area (Å²) in [6.45, 7) is 0. The molecule has 0 aliphatic rings. The molecule has 0 saturated heterocycles. The molecule has 0 bridgehead atoms. The molecule has 3 rings (SSSR count). The standard InChI is InChI=1S/C15H12N2O2.ClH/c18-14(19)10-12-13-8-4-5-9-17(13)15(16-12)11-6-2-1-3-7-11;/h1-9H,10H2,(H,18,19);1H. The number of fused-ring (bicyclic) bond motifs is 1.